The van der Waals surface area contributed by atoms with Crippen LogP contribution in [-0.4, -0.2) is 36.1 Å². The fourth-order valence-corrected chi connectivity index (χ4v) is 3.85. The molecule has 2 aromatic rings. The van der Waals surface area contributed by atoms with E-state index in [0.29, 0.717) is 11.6 Å². The highest BCUT2D eigenvalue weighted by Crippen LogP contribution is 2.31. The van der Waals surface area contributed by atoms with E-state index >= 15 is 0 Å². The lowest BCUT2D eigenvalue weighted by atomic mass is 10.1. The monoisotopic (exact) mass is 305 g/mol. The first-order chi connectivity index (χ1) is 10.3. The third kappa shape index (κ3) is 3.15. The first-order valence-corrected chi connectivity index (χ1v) is 8.32. The van der Waals surface area contributed by atoms with Crippen molar-refractivity contribution in [3.8, 4) is 11.3 Å². The van der Waals surface area contributed by atoms with E-state index in [1.165, 1.54) is 6.07 Å². The van der Waals surface area contributed by atoms with E-state index < -0.39 is 0 Å². The van der Waals surface area contributed by atoms with Crippen LogP contribution in [0, 0.1) is 5.82 Å². The highest BCUT2D eigenvalue weighted by Gasteiger charge is 2.23. The first-order valence-electron chi connectivity index (χ1n) is 7.44. The molecule has 21 heavy (non-hydrogen) atoms. The van der Waals surface area contributed by atoms with Crippen molar-refractivity contribution in [3.63, 3.8) is 0 Å². The number of benzene rings is 1. The lowest BCUT2D eigenvalue weighted by molar-refractivity contribution is 0.169. The van der Waals surface area contributed by atoms with Gasteiger partial charge in [0.15, 0.2) is 0 Å². The van der Waals surface area contributed by atoms with Crippen molar-refractivity contribution in [3.05, 3.63) is 40.5 Å². The third-order valence-electron chi connectivity index (χ3n) is 3.94. The average Bonchev–Trinajstić information content (AvgIpc) is 2.99. The highest BCUT2D eigenvalue weighted by molar-refractivity contribution is 7.10. The Bertz CT molecular complexity index is 593. The van der Waals surface area contributed by atoms with Gasteiger partial charge in [0.1, 0.15) is 10.8 Å². The molecule has 1 aromatic heterocycles. The van der Waals surface area contributed by atoms with Gasteiger partial charge in [-0.25, -0.2) is 9.37 Å². The molecule has 0 spiro atoms. The molecule has 0 bridgehead atoms. The number of rotatable bonds is 4. The van der Waals surface area contributed by atoms with Crippen LogP contribution in [0.1, 0.15) is 24.4 Å². The van der Waals surface area contributed by atoms with Crippen LogP contribution < -0.4 is 5.32 Å². The van der Waals surface area contributed by atoms with Gasteiger partial charge in [-0.1, -0.05) is 19.1 Å². The minimum Gasteiger partial charge on any atom is -0.314 e. The molecule has 1 N–H and O–H groups in total. The lowest BCUT2D eigenvalue weighted by Gasteiger charge is -2.33. The van der Waals surface area contributed by atoms with Crippen molar-refractivity contribution in [2.24, 2.45) is 0 Å². The van der Waals surface area contributed by atoms with Crippen molar-refractivity contribution in [1.82, 2.24) is 15.2 Å². The van der Waals surface area contributed by atoms with Crippen LogP contribution in [0.5, 0.6) is 0 Å². The molecular formula is C16H20FN3S. The molecule has 3 rings (SSSR count). The Morgan fingerprint density at radius 2 is 2.10 bits per heavy atom. The van der Waals surface area contributed by atoms with E-state index in [4.69, 9.17) is 4.98 Å². The molecule has 0 saturated carbocycles. The molecule has 1 unspecified atom stereocenters. The smallest absolute Gasteiger partial charge is 0.132 e. The summed E-state index contributed by atoms with van der Waals surface area (Å²) in [6.45, 7) is 6.35. The molecule has 1 aromatic carbocycles. The first kappa shape index (κ1) is 14.6. The second kappa shape index (κ2) is 6.64. The zero-order valence-corrected chi connectivity index (χ0v) is 13.0. The highest BCUT2D eigenvalue weighted by atomic mass is 32.1. The fourth-order valence-electron chi connectivity index (χ4n) is 2.82. The molecule has 0 amide bonds. The van der Waals surface area contributed by atoms with E-state index in [9.17, 15) is 4.39 Å². The largest absolute Gasteiger partial charge is 0.314 e. The van der Waals surface area contributed by atoms with Gasteiger partial charge in [0.2, 0.25) is 0 Å². The number of hydrogen-bond acceptors (Lipinski definition) is 4. The van der Waals surface area contributed by atoms with Crippen molar-refractivity contribution in [1.29, 1.82) is 0 Å². The maximum absolute atomic E-state index is 13.9. The van der Waals surface area contributed by atoms with Crippen LogP contribution in [0.4, 0.5) is 4.39 Å². The summed E-state index contributed by atoms with van der Waals surface area (Å²) < 4.78 is 13.9. The van der Waals surface area contributed by atoms with Gasteiger partial charge in [-0.15, -0.1) is 11.3 Å². The standard InChI is InChI=1S/C16H20FN3S/c1-2-15(20-9-7-18-8-10-20)16-19-14(11-21-16)12-5-3-4-6-13(12)17/h3-6,11,15,18H,2,7-10H2,1H3. The normalized spacial score (nSPS) is 17.8. The van der Waals surface area contributed by atoms with Gasteiger partial charge in [0.25, 0.3) is 0 Å². The Kier molecular flexibility index (Phi) is 4.63. The molecule has 0 radical (unpaired) electrons. The zero-order valence-electron chi connectivity index (χ0n) is 12.2. The third-order valence-corrected chi connectivity index (χ3v) is 4.88. The Balaban J connectivity index is 1.84. The fraction of sp³-hybridized carbons (Fsp3) is 0.438. The SMILES string of the molecule is CCC(c1nc(-c2ccccc2F)cs1)N1CCNCC1. The van der Waals surface area contributed by atoms with E-state index in [-0.39, 0.29) is 5.82 Å². The molecule has 5 heteroatoms. The minimum absolute atomic E-state index is 0.204. The molecule has 1 aliphatic heterocycles. The zero-order chi connectivity index (χ0) is 14.7. The lowest BCUT2D eigenvalue weighted by Crippen LogP contribution is -2.45. The summed E-state index contributed by atoms with van der Waals surface area (Å²) in [5.74, 6) is -0.204. The van der Waals surface area contributed by atoms with Crippen LogP contribution in [0.3, 0.4) is 0 Å². The predicted molar refractivity (Wildman–Crippen MR) is 85.0 cm³/mol. The second-order valence-electron chi connectivity index (χ2n) is 5.26. The van der Waals surface area contributed by atoms with Crippen LogP contribution >= 0.6 is 11.3 Å². The van der Waals surface area contributed by atoms with Crippen molar-refractivity contribution < 1.29 is 4.39 Å². The molecule has 0 aliphatic carbocycles. The average molecular weight is 305 g/mol. The minimum atomic E-state index is -0.204. The number of nitrogens with zero attached hydrogens (tertiary/aromatic N) is 2. The Hall–Kier alpha value is -1.30. The quantitative estimate of drug-likeness (QED) is 0.939. The molecule has 1 saturated heterocycles. The maximum Gasteiger partial charge on any atom is 0.132 e. The number of nitrogens with one attached hydrogen (secondary N) is 1. The topological polar surface area (TPSA) is 28.2 Å². The van der Waals surface area contributed by atoms with Gasteiger partial charge in [-0.2, -0.15) is 0 Å². The van der Waals surface area contributed by atoms with Crippen molar-refractivity contribution in [2.45, 2.75) is 19.4 Å². The van der Waals surface area contributed by atoms with E-state index in [1.54, 1.807) is 23.5 Å². The summed E-state index contributed by atoms with van der Waals surface area (Å²) in [5.41, 5.74) is 1.34. The summed E-state index contributed by atoms with van der Waals surface area (Å²) >= 11 is 1.64. The van der Waals surface area contributed by atoms with E-state index in [2.05, 4.69) is 17.1 Å². The van der Waals surface area contributed by atoms with Crippen LogP contribution in [-0.2, 0) is 0 Å². The van der Waals surface area contributed by atoms with Gasteiger partial charge in [0.05, 0.1) is 11.7 Å². The maximum atomic E-state index is 13.9. The van der Waals surface area contributed by atoms with Gasteiger partial charge >= 0.3 is 0 Å². The van der Waals surface area contributed by atoms with E-state index in [1.807, 2.05) is 11.4 Å². The number of aromatic nitrogens is 1. The van der Waals surface area contributed by atoms with Gasteiger partial charge in [-0.3, -0.25) is 4.90 Å². The molecular weight excluding hydrogens is 285 g/mol. The van der Waals surface area contributed by atoms with Gasteiger partial charge < -0.3 is 5.32 Å². The predicted octanol–water partition coefficient (Wildman–Crippen LogP) is 3.31. The molecule has 2 heterocycles. The summed E-state index contributed by atoms with van der Waals surface area (Å²) in [7, 11) is 0. The second-order valence-corrected chi connectivity index (χ2v) is 6.15. The Morgan fingerprint density at radius 1 is 1.33 bits per heavy atom. The summed E-state index contributed by atoms with van der Waals surface area (Å²) in [5, 5.41) is 6.44. The molecule has 3 nitrogen and oxygen atoms in total. The Labute approximate surface area is 128 Å². The summed E-state index contributed by atoms with van der Waals surface area (Å²) in [4.78, 5) is 7.18. The number of hydrogen-bond donors (Lipinski definition) is 1. The molecule has 1 atom stereocenters. The van der Waals surface area contributed by atoms with Crippen LogP contribution in [0.15, 0.2) is 29.6 Å². The molecule has 1 fully saturated rings. The van der Waals surface area contributed by atoms with Crippen LogP contribution in [0.25, 0.3) is 11.3 Å². The van der Waals surface area contributed by atoms with Crippen molar-refractivity contribution >= 4 is 11.3 Å². The Morgan fingerprint density at radius 3 is 2.81 bits per heavy atom. The number of halogens is 1. The van der Waals surface area contributed by atoms with Gasteiger partial charge in [-0.05, 0) is 18.6 Å². The number of piperazine rings is 1. The van der Waals surface area contributed by atoms with Crippen molar-refractivity contribution in [2.75, 3.05) is 26.2 Å². The molecule has 1 aliphatic rings. The van der Waals surface area contributed by atoms with Gasteiger partial charge in [0, 0.05) is 37.1 Å². The molecule has 112 valence electrons. The summed E-state index contributed by atoms with van der Waals surface area (Å²) in [6, 6.07) is 7.19. The van der Waals surface area contributed by atoms with Crippen LogP contribution in [0.2, 0.25) is 0 Å². The van der Waals surface area contributed by atoms with E-state index in [0.717, 1.165) is 43.3 Å². The summed E-state index contributed by atoms with van der Waals surface area (Å²) in [6.07, 6.45) is 1.03. The number of thiazole rings is 1.